The number of carbonyl (C=O) groups excluding carboxylic acids is 1. The van der Waals surface area contributed by atoms with Gasteiger partial charge in [0.15, 0.2) is 11.5 Å². The van der Waals surface area contributed by atoms with Crippen molar-refractivity contribution in [3.05, 3.63) is 58.7 Å². The number of piperidine rings is 1. The van der Waals surface area contributed by atoms with Crippen LogP contribution in [0.25, 0.3) is 0 Å². The Bertz CT molecular complexity index is 1200. The van der Waals surface area contributed by atoms with E-state index in [1.807, 2.05) is 18.2 Å². The van der Waals surface area contributed by atoms with Crippen molar-refractivity contribution < 1.29 is 19.0 Å². The Hall–Kier alpha value is -3.53. The van der Waals surface area contributed by atoms with Crippen molar-refractivity contribution in [1.82, 2.24) is 15.3 Å². The average molecular weight is 570 g/mol. The molecule has 196 valence electrons. The van der Waals surface area contributed by atoms with Crippen molar-refractivity contribution in [2.45, 2.75) is 19.3 Å². The zero-order valence-corrected chi connectivity index (χ0v) is 22.9. The van der Waals surface area contributed by atoms with E-state index in [-0.39, 0.29) is 11.8 Å². The molecule has 1 atom stereocenters. The number of nitrogens with one attached hydrogen (secondary N) is 2. The van der Waals surface area contributed by atoms with E-state index in [1.54, 1.807) is 39.7 Å². The highest BCUT2D eigenvalue weighted by atomic mass is 79.9. The van der Waals surface area contributed by atoms with Crippen molar-refractivity contribution in [2.75, 3.05) is 51.2 Å². The lowest BCUT2D eigenvalue weighted by atomic mass is 9.97. The summed E-state index contributed by atoms with van der Waals surface area (Å²) in [6.45, 7) is 2.06. The minimum atomic E-state index is -0.0854. The van der Waals surface area contributed by atoms with Gasteiger partial charge in [0, 0.05) is 48.1 Å². The number of aromatic nitrogens is 2. The SMILES string of the molecule is COc1cc(Nc2nccc(N3CCCC(C(=O)NCCc4cccc(Br)c4)C3)n2)cc(OC)c1OC. The molecular weight excluding hydrogens is 538 g/mol. The maximum absolute atomic E-state index is 12.9. The second-order valence-electron chi connectivity index (χ2n) is 8.73. The van der Waals surface area contributed by atoms with Gasteiger partial charge in [0.25, 0.3) is 0 Å². The smallest absolute Gasteiger partial charge is 0.229 e. The van der Waals surface area contributed by atoms with Gasteiger partial charge in [-0.1, -0.05) is 28.1 Å². The van der Waals surface area contributed by atoms with Crippen LogP contribution in [0, 0.1) is 5.92 Å². The molecule has 0 saturated carbocycles. The van der Waals surface area contributed by atoms with Gasteiger partial charge in [-0.05, 0) is 43.0 Å². The van der Waals surface area contributed by atoms with Crippen molar-refractivity contribution in [1.29, 1.82) is 0 Å². The van der Waals surface area contributed by atoms with Crippen molar-refractivity contribution in [3.8, 4) is 17.2 Å². The molecule has 2 aromatic carbocycles. The molecule has 3 aromatic rings. The molecule has 1 unspecified atom stereocenters. The lowest BCUT2D eigenvalue weighted by Gasteiger charge is -2.33. The number of anilines is 3. The molecule has 2 heterocycles. The number of ether oxygens (including phenoxy) is 3. The molecular formula is C27H32BrN5O4. The summed E-state index contributed by atoms with van der Waals surface area (Å²) in [6.07, 6.45) is 4.29. The maximum Gasteiger partial charge on any atom is 0.229 e. The summed E-state index contributed by atoms with van der Waals surface area (Å²) < 4.78 is 17.3. The standard InChI is InChI=1S/C27H32BrN5O4/c1-35-22-15-21(16-23(36-2)25(22)37-3)31-27-30-12-10-24(32-27)33-13-5-7-19(17-33)26(34)29-11-9-18-6-4-8-20(28)14-18/h4,6,8,10,12,14-16,19H,5,7,9,11,13,17H2,1-3H3,(H,29,34)(H,30,31,32). The largest absolute Gasteiger partial charge is 0.493 e. The number of halogens is 1. The molecule has 1 amide bonds. The molecule has 37 heavy (non-hydrogen) atoms. The first-order valence-corrected chi connectivity index (χ1v) is 13.0. The summed E-state index contributed by atoms with van der Waals surface area (Å²) in [5.74, 6) is 2.79. The summed E-state index contributed by atoms with van der Waals surface area (Å²) in [5.41, 5.74) is 1.89. The van der Waals surface area contributed by atoms with E-state index in [9.17, 15) is 4.79 Å². The second-order valence-corrected chi connectivity index (χ2v) is 9.65. The van der Waals surface area contributed by atoms with Gasteiger partial charge in [-0.2, -0.15) is 4.98 Å². The van der Waals surface area contributed by atoms with Crippen molar-refractivity contribution in [2.24, 2.45) is 5.92 Å². The molecule has 1 fully saturated rings. The van der Waals surface area contributed by atoms with Gasteiger partial charge in [-0.25, -0.2) is 4.98 Å². The normalized spacial score (nSPS) is 15.1. The van der Waals surface area contributed by atoms with Crippen LogP contribution in [0.4, 0.5) is 17.5 Å². The minimum absolute atomic E-state index is 0.0854. The predicted molar refractivity (Wildman–Crippen MR) is 147 cm³/mol. The van der Waals surface area contributed by atoms with Gasteiger partial charge < -0.3 is 29.7 Å². The molecule has 1 aromatic heterocycles. The lowest BCUT2D eigenvalue weighted by Crippen LogP contribution is -2.43. The van der Waals surface area contributed by atoms with E-state index in [0.717, 1.165) is 36.1 Å². The first-order valence-electron chi connectivity index (χ1n) is 12.2. The maximum atomic E-state index is 12.9. The number of nitrogens with zero attached hydrogens (tertiary/aromatic N) is 3. The molecule has 1 aliphatic heterocycles. The van der Waals surface area contributed by atoms with Crippen LogP contribution in [-0.4, -0.2) is 56.8 Å². The topological polar surface area (TPSA) is 97.8 Å². The zero-order valence-electron chi connectivity index (χ0n) is 21.3. The monoisotopic (exact) mass is 569 g/mol. The van der Waals surface area contributed by atoms with E-state index >= 15 is 0 Å². The third-order valence-electron chi connectivity index (χ3n) is 6.28. The number of methoxy groups -OCH3 is 3. The summed E-state index contributed by atoms with van der Waals surface area (Å²) in [6, 6.07) is 13.6. The molecule has 0 spiro atoms. The number of amides is 1. The minimum Gasteiger partial charge on any atom is -0.493 e. The third-order valence-corrected chi connectivity index (χ3v) is 6.77. The van der Waals surface area contributed by atoms with Crippen LogP contribution >= 0.6 is 15.9 Å². The molecule has 0 aliphatic carbocycles. The van der Waals surface area contributed by atoms with E-state index < -0.39 is 0 Å². The van der Waals surface area contributed by atoms with E-state index in [0.29, 0.717) is 42.0 Å². The van der Waals surface area contributed by atoms with Crippen LogP contribution in [0.5, 0.6) is 17.2 Å². The molecule has 9 nitrogen and oxygen atoms in total. The summed E-state index contributed by atoms with van der Waals surface area (Å²) in [7, 11) is 4.71. The van der Waals surface area contributed by atoms with Crippen LogP contribution in [0.3, 0.4) is 0 Å². The average Bonchev–Trinajstić information content (AvgIpc) is 2.92. The Kier molecular flexibility index (Phi) is 9.05. The molecule has 2 N–H and O–H groups in total. The fourth-order valence-corrected chi connectivity index (χ4v) is 4.88. The first kappa shape index (κ1) is 26.5. The number of carbonyl (C=O) groups is 1. The van der Waals surface area contributed by atoms with Gasteiger partial charge in [0.1, 0.15) is 5.82 Å². The molecule has 4 rings (SSSR count). The number of hydrogen-bond donors (Lipinski definition) is 2. The Labute approximate surface area is 225 Å². The Balaban J connectivity index is 1.38. The lowest BCUT2D eigenvalue weighted by molar-refractivity contribution is -0.125. The molecule has 1 saturated heterocycles. The second kappa shape index (κ2) is 12.6. The highest BCUT2D eigenvalue weighted by molar-refractivity contribution is 9.10. The van der Waals surface area contributed by atoms with E-state index in [1.165, 1.54) is 5.56 Å². The van der Waals surface area contributed by atoms with Crippen molar-refractivity contribution in [3.63, 3.8) is 0 Å². The summed E-state index contributed by atoms with van der Waals surface area (Å²) in [5, 5.41) is 6.33. The van der Waals surface area contributed by atoms with Gasteiger partial charge in [0.05, 0.1) is 27.2 Å². The fraction of sp³-hybridized carbons (Fsp3) is 0.370. The zero-order chi connectivity index (χ0) is 26.2. The van der Waals surface area contributed by atoms with Crippen LogP contribution in [0.15, 0.2) is 53.1 Å². The van der Waals surface area contributed by atoms with Gasteiger partial charge >= 0.3 is 0 Å². The summed E-state index contributed by atoms with van der Waals surface area (Å²) >= 11 is 3.49. The Morgan fingerprint density at radius 3 is 2.59 bits per heavy atom. The quantitative estimate of drug-likeness (QED) is 0.366. The number of benzene rings is 2. The van der Waals surface area contributed by atoms with Gasteiger partial charge in [-0.15, -0.1) is 0 Å². The number of rotatable bonds is 10. The molecule has 10 heteroatoms. The van der Waals surface area contributed by atoms with Crippen LogP contribution in [-0.2, 0) is 11.2 Å². The molecule has 1 aliphatic rings. The predicted octanol–water partition coefficient (Wildman–Crippen LogP) is 4.58. The fourth-order valence-electron chi connectivity index (χ4n) is 4.43. The third kappa shape index (κ3) is 6.82. The van der Waals surface area contributed by atoms with Gasteiger partial charge in [-0.3, -0.25) is 4.79 Å². The van der Waals surface area contributed by atoms with Gasteiger partial charge in [0.2, 0.25) is 17.6 Å². The van der Waals surface area contributed by atoms with Crippen LogP contribution < -0.4 is 29.7 Å². The highest BCUT2D eigenvalue weighted by Gasteiger charge is 2.26. The molecule has 0 bridgehead atoms. The summed E-state index contributed by atoms with van der Waals surface area (Å²) in [4.78, 5) is 24.1. The van der Waals surface area contributed by atoms with Crippen LogP contribution in [0.2, 0.25) is 0 Å². The van der Waals surface area contributed by atoms with E-state index in [4.69, 9.17) is 19.2 Å². The highest BCUT2D eigenvalue weighted by Crippen LogP contribution is 2.40. The number of hydrogen-bond acceptors (Lipinski definition) is 8. The van der Waals surface area contributed by atoms with Crippen LogP contribution in [0.1, 0.15) is 18.4 Å². The van der Waals surface area contributed by atoms with E-state index in [2.05, 4.69) is 48.6 Å². The first-order chi connectivity index (χ1) is 18.0. The van der Waals surface area contributed by atoms with Crippen molar-refractivity contribution >= 4 is 39.3 Å². The Morgan fingerprint density at radius 2 is 1.89 bits per heavy atom. The molecule has 0 radical (unpaired) electrons. The Morgan fingerprint density at radius 1 is 1.11 bits per heavy atom.